The Hall–Kier alpha value is -2.37. The highest BCUT2D eigenvalue weighted by Crippen LogP contribution is 2.62. The van der Waals surface area contributed by atoms with Gasteiger partial charge >= 0.3 is 11.9 Å². The number of carbonyl (C=O) groups excluding carboxylic acids is 3. The van der Waals surface area contributed by atoms with E-state index in [4.69, 9.17) is 14.2 Å². The Morgan fingerprint density at radius 3 is 2.53 bits per heavy atom. The minimum Gasteiger partial charge on any atom is -0.490 e. The molecule has 0 saturated heterocycles. The van der Waals surface area contributed by atoms with E-state index in [1.54, 1.807) is 6.07 Å². The van der Waals surface area contributed by atoms with Gasteiger partial charge in [0, 0.05) is 31.2 Å². The fraction of sp³-hybridized carbons (Fsp3) is 0.625. The van der Waals surface area contributed by atoms with Gasteiger partial charge in [0.15, 0.2) is 17.3 Å². The zero-order chi connectivity index (χ0) is 21.6. The van der Waals surface area contributed by atoms with Crippen molar-refractivity contribution >= 4 is 17.7 Å². The van der Waals surface area contributed by atoms with Crippen LogP contribution in [0.1, 0.15) is 81.6 Å². The second-order valence-electron chi connectivity index (χ2n) is 9.14. The maximum atomic E-state index is 13.1. The van der Waals surface area contributed by atoms with E-state index in [-0.39, 0.29) is 35.1 Å². The minimum absolute atomic E-state index is 0.0669. The van der Waals surface area contributed by atoms with Crippen LogP contribution < -0.4 is 9.47 Å². The predicted octanol–water partition coefficient (Wildman–Crippen LogP) is 4.44. The fourth-order valence-electron chi connectivity index (χ4n) is 6.26. The van der Waals surface area contributed by atoms with Gasteiger partial charge < -0.3 is 14.2 Å². The van der Waals surface area contributed by atoms with Crippen LogP contribution in [0.25, 0.3) is 0 Å². The van der Waals surface area contributed by atoms with Crippen LogP contribution in [0, 0.1) is 17.3 Å². The number of ether oxygens (including phenoxy) is 3. The summed E-state index contributed by atoms with van der Waals surface area (Å²) in [5, 5.41) is 0. The van der Waals surface area contributed by atoms with Crippen LogP contribution in [0.2, 0.25) is 0 Å². The van der Waals surface area contributed by atoms with Crippen LogP contribution >= 0.6 is 0 Å². The van der Waals surface area contributed by atoms with Gasteiger partial charge in [-0.2, -0.15) is 0 Å². The molecule has 3 aliphatic rings. The van der Waals surface area contributed by atoms with Crippen molar-refractivity contribution in [1.29, 1.82) is 0 Å². The highest BCUT2D eigenvalue weighted by Gasteiger charge is 2.57. The molecule has 2 fully saturated rings. The molecule has 30 heavy (non-hydrogen) atoms. The molecule has 0 spiro atoms. The first-order valence-electron chi connectivity index (χ1n) is 10.9. The van der Waals surface area contributed by atoms with Gasteiger partial charge in [0.05, 0.1) is 6.61 Å². The SMILES string of the molecule is CCOc1cc2c(cc1OC(C)=O)C(=O)C[C@@H]1[C@@H]2CC[C@]2(C)C(OC(C)=O)CC[C@@H]12. The van der Waals surface area contributed by atoms with Crippen LogP contribution in [-0.2, 0) is 14.3 Å². The molecule has 2 saturated carbocycles. The third kappa shape index (κ3) is 3.40. The largest absolute Gasteiger partial charge is 0.490 e. The van der Waals surface area contributed by atoms with Crippen LogP contribution in [0.4, 0.5) is 0 Å². The van der Waals surface area contributed by atoms with E-state index in [9.17, 15) is 14.4 Å². The molecule has 0 aromatic heterocycles. The van der Waals surface area contributed by atoms with Crippen LogP contribution in [0.5, 0.6) is 11.5 Å². The molecular formula is C24H30O6. The molecule has 0 aliphatic heterocycles. The quantitative estimate of drug-likeness (QED) is 0.535. The van der Waals surface area contributed by atoms with Crippen LogP contribution in [0.15, 0.2) is 12.1 Å². The van der Waals surface area contributed by atoms with Gasteiger partial charge in [-0.3, -0.25) is 14.4 Å². The summed E-state index contributed by atoms with van der Waals surface area (Å²) in [6.07, 6.45) is 4.15. The normalized spacial score (nSPS) is 31.9. The molecule has 1 aromatic rings. The Morgan fingerprint density at radius 1 is 1.10 bits per heavy atom. The van der Waals surface area contributed by atoms with Crippen molar-refractivity contribution in [2.75, 3.05) is 6.61 Å². The lowest BCUT2D eigenvalue weighted by Gasteiger charge is -2.50. The highest BCUT2D eigenvalue weighted by molar-refractivity contribution is 6.00. The number of ketones is 1. The molecule has 4 rings (SSSR count). The number of fused-ring (bicyclic) bond motifs is 5. The van der Waals surface area contributed by atoms with Crippen molar-refractivity contribution in [3.8, 4) is 11.5 Å². The summed E-state index contributed by atoms with van der Waals surface area (Å²) >= 11 is 0. The predicted molar refractivity (Wildman–Crippen MR) is 110 cm³/mol. The monoisotopic (exact) mass is 414 g/mol. The second kappa shape index (κ2) is 7.71. The first-order chi connectivity index (χ1) is 14.2. The van der Waals surface area contributed by atoms with E-state index < -0.39 is 5.97 Å². The number of rotatable bonds is 4. The summed E-state index contributed by atoms with van der Waals surface area (Å²) < 4.78 is 16.7. The van der Waals surface area contributed by atoms with E-state index in [0.29, 0.717) is 36.0 Å². The van der Waals surface area contributed by atoms with Gasteiger partial charge in [-0.05, 0) is 68.1 Å². The van der Waals surface area contributed by atoms with E-state index >= 15 is 0 Å². The molecule has 0 bridgehead atoms. The smallest absolute Gasteiger partial charge is 0.308 e. The Kier molecular flexibility index (Phi) is 5.37. The van der Waals surface area contributed by atoms with Gasteiger partial charge in [0.25, 0.3) is 0 Å². The summed E-state index contributed by atoms with van der Waals surface area (Å²) in [5.74, 6) is 1.09. The number of hydrogen-bond acceptors (Lipinski definition) is 6. The van der Waals surface area contributed by atoms with E-state index in [2.05, 4.69) is 6.92 Å². The van der Waals surface area contributed by atoms with Crippen molar-refractivity contribution < 1.29 is 28.6 Å². The molecule has 5 atom stereocenters. The summed E-state index contributed by atoms with van der Waals surface area (Å²) in [6.45, 7) is 7.36. The van der Waals surface area contributed by atoms with Gasteiger partial charge in [-0.15, -0.1) is 0 Å². The molecule has 1 unspecified atom stereocenters. The minimum atomic E-state index is -0.437. The zero-order valence-corrected chi connectivity index (χ0v) is 18.2. The van der Waals surface area contributed by atoms with Gasteiger partial charge in [0.2, 0.25) is 0 Å². The molecule has 3 aliphatic carbocycles. The van der Waals surface area contributed by atoms with Crippen LogP contribution in [0.3, 0.4) is 0 Å². The first kappa shape index (κ1) is 20.9. The van der Waals surface area contributed by atoms with Crippen molar-refractivity contribution in [1.82, 2.24) is 0 Å². The Labute approximate surface area is 177 Å². The molecule has 0 N–H and O–H groups in total. The molecule has 6 heteroatoms. The van der Waals surface area contributed by atoms with Gasteiger partial charge in [0.1, 0.15) is 6.10 Å². The molecule has 0 heterocycles. The molecule has 0 amide bonds. The number of carbonyl (C=O) groups is 3. The molecule has 1 aromatic carbocycles. The fourth-order valence-corrected chi connectivity index (χ4v) is 6.26. The first-order valence-corrected chi connectivity index (χ1v) is 10.9. The van der Waals surface area contributed by atoms with Crippen molar-refractivity contribution in [2.24, 2.45) is 17.3 Å². The Morgan fingerprint density at radius 2 is 1.87 bits per heavy atom. The maximum Gasteiger partial charge on any atom is 0.308 e. The van der Waals surface area contributed by atoms with Crippen molar-refractivity contribution in [3.05, 3.63) is 23.3 Å². The highest BCUT2D eigenvalue weighted by atomic mass is 16.6. The van der Waals surface area contributed by atoms with Crippen molar-refractivity contribution in [3.63, 3.8) is 0 Å². The standard InChI is InChI=1S/C24H30O6/c1-5-28-21-11-16-15-8-9-24(4)19(6-7-23(24)30-14(3)26)17(15)10-20(27)18(16)12-22(21)29-13(2)25/h11-12,15,17,19,23H,5-10H2,1-4H3/t15-,17-,19+,23?,24+/m1/s1. The number of Topliss-reactive ketones (excluding diaryl/α,β-unsaturated/α-hetero) is 1. The summed E-state index contributed by atoms with van der Waals surface area (Å²) in [7, 11) is 0. The maximum absolute atomic E-state index is 13.1. The molecule has 0 radical (unpaired) electrons. The van der Waals surface area contributed by atoms with Gasteiger partial charge in [-0.1, -0.05) is 6.92 Å². The number of esters is 2. The average Bonchev–Trinajstić information content (AvgIpc) is 2.99. The topological polar surface area (TPSA) is 78.9 Å². The number of benzene rings is 1. The third-order valence-electron chi connectivity index (χ3n) is 7.45. The average molecular weight is 414 g/mol. The van der Waals surface area contributed by atoms with E-state index in [0.717, 1.165) is 31.2 Å². The Balaban J connectivity index is 1.70. The Bertz CT molecular complexity index is 890. The molecule has 6 nitrogen and oxygen atoms in total. The summed E-state index contributed by atoms with van der Waals surface area (Å²) in [4.78, 5) is 36.2. The summed E-state index contributed by atoms with van der Waals surface area (Å²) in [6, 6.07) is 3.59. The van der Waals surface area contributed by atoms with E-state index in [1.807, 2.05) is 13.0 Å². The van der Waals surface area contributed by atoms with Gasteiger partial charge in [-0.25, -0.2) is 0 Å². The third-order valence-corrected chi connectivity index (χ3v) is 7.45. The second-order valence-corrected chi connectivity index (χ2v) is 9.14. The zero-order valence-electron chi connectivity index (χ0n) is 18.2. The lowest BCUT2D eigenvalue weighted by atomic mass is 9.55. The molecule has 162 valence electrons. The van der Waals surface area contributed by atoms with Crippen LogP contribution in [-0.4, -0.2) is 30.4 Å². The summed E-state index contributed by atoms with van der Waals surface area (Å²) in [5.41, 5.74) is 1.58. The van der Waals surface area contributed by atoms with Crippen molar-refractivity contribution in [2.45, 2.75) is 71.8 Å². The lowest BCUT2D eigenvalue weighted by Crippen LogP contribution is -2.46. The lowest BCUT2D eigenvalue weighted by molar-refractivity contribution is -0.154. The molecular weight excluding hydrogens is 384 g/mol. The number of hydrogen-bond donors (Lipinski definition) is 0. The van der Waals surface area contributed by atoms with E-state index in [1.165, 1.54) is 13.8 Å².